The van der Waals surface area contributed by atoms with Crippen LogP contribution in [0.4, 0.5) is 0 Å². The molecule has 0 spiro atoms. The summed E-state index contributed by atoms with van der Waals surface area (Å²) in [5.74, 6) is 1.10. The molecule has 98 valence electrons. The Balaban J connectivity index is 2.75. The average molecular weight is 239 g/mol. The fourth-order valence-electron chi connectivity index (χ4n) is 1.71. The van der Waals surface area contributed by atoms with Crippen molar-refractivity contribution < 1.29 is 4.79 Å². The van der Waals surface area contributed by atoms with Gasteiger partial charge in [0.2, 0.25) is 5.91 Å². The van der Waals surface area contributed by atoms with Gasteiger partial charge in [0.05, 0.1) is 6.42 Å². The first-order valence-electron chi connectivity index (χ1n) is 6.28. The predicted molar refractivity (Wildman–Crippen MR) is 71.3 cm³/mol. The van der Waals surface area contributed by atoms with Crippen LogP contribution in [-0.2, 0) is 4.79 Å². The third-order valence-corrected chi connectivity index (χ3v) is 2.90. The molecule has 1 aliphatic heterocycles. The molecule has 0 radical (unpaired) electrons. The molecule has 0 saturated carbocycles. The minimum Gasteiger partial charge on any atom is -0.363 e. The lowest BCUT2D eigenvalue weighted by atomic mass is 9.97. The summed E-state index contributed by atoms with van der Waals surface area (Å²) in [5, 5.41) is 0. The van der Waals surface area contributed by atoms with Gasteiger partial charge in [-0.05, 0) is 11.8 Å². The monoisotopic (exact) mass is 239 g/mol. The van der Waals surface area contributed by atoms with Gasteiger partial charge in [-0.1, -0.05) is 20.8 Å². The van der Waals surface area contributed by atoms with Crippen molar-refractivity contribution >= 4 is 11.7 Å². The van der Waals surface area contributed by atoms with Crippen LogP contribution in [0.2, 0.25) is 0 Å². The summed E-state index contributed by atoms with van der Waals surface area (Å²) in [6, 6.07) is 0. The van der Waals surface area contributed by atoms with Crippen molar-refractivity contribution in [3.63, 3.8) is 0 Å². The van der Waals surface area contributed by atoms with Crippen molar-refractivity contribution in [1.29, 1.82) is 0 Å². The van der Waals surface area contributed by atoms with Crippen molar-refractivity contribution in [1.82, 2.24) is 9.80 Å². The molecule has 0 aliphatic carbocycles. The number of amides is 1. The Morgan fingerprint density at radius 1 is 1.18 bits per heavy atom. The lowest BCUT2D eigenvalue weighted by Crippen LogP contribution is -2.40. The molecular formula is C13H25N3O. The maximum Gasteiger partial charge on any atom is 0.229 e. The first kappa shape index (κ1) is 14.0. The molecule has 1 saturated heterocycles. The van der Waals surface area contributed by atoms with Gasteiger partial charge in [-0.3, -0.25) is 9.79 Å². The van der Waals surface area contributed by atoms with Gasteiger partial charge in [-0.25, -0.2) is 0 Å². The molecule has 4 nitrogen and oxygen atoms in total. The molecule has 0 aromatic rings. The van der Waals surface area contributed by atoms with Crippen molar-refractivity contribution in [3.05, 3.63) is 0 Å². The van der Waals surface area contributed by atoms with Crippen LogP contribution in [0, 0.1) is 5.41 Å². The number of amidine groups is 1. The summed E-state index contributed by atoms with van der Waals surface area (Å²) < 4.78 is 0. The number of aliphatic imine (C=N–C) groups is 1. The summed E-state index contributed by atoms with van der Waals surface area (Å²) in [7, 11) is 3.90. The van der Waals surface area contributed by atoms with Crippen LogP contribution in [0.3, 0.4) is 0 Å². The van der Waals surface area contributed by atoms with Crippen molar-refractivity contribution in [3.8, 4) is 0 Å². The summed E-state index contributed by atoms with van der Waals surface area (Å²) in [6.45, 7) is 9.07. The van der Waals surface area contributed by atoms with Crippen LogP contribution in [-0.4, -0.2) is 55.3 Å². The van der Waals surface area contributed by atoms with E-state index in [0.717, 1.165) is 31.9 Å². The fraction of sp³-hybridized carbons (Fsp3) is 0.846. The highest BCUT2D eigenvalue weighted by atomic mass is 16.2. The highest BCUT2D eigenvalue weighted by Crippen LogP contribution is 2.14. The molecule has 1 heterocycles. The zero-order valence-corrected chi connectivity index (χ0v) is 11.8. The second kappa shape index (κ2) is 5.52. The number of nitrogens with zero attached hydrogens (tertiary/aromatic N) is 3. The molecule has 0 aromatic carbocycles. The lowest BCUT2D eigenvalue weighted by Gasteiger charge is -2.28. The third-order valence-electron chi connectivity index (χ3n) is 2.90. The highest BCUT2D eigenvalue weighted by Gasteiger charge is 2.19. The molecule has 1 amide bonds. The maximum absolute atomic E-state index is 11.9. The smallest absolute Gasteiger partial charge is 0.229 e. The number of rotatable bonds is 1. The molecule has 0 aromatic heterocycles. The summed E-state index contributed by atoms with van der Waals surface area (Å²) in [6.07, 6.45) is 1.44. The van der Waals surface area contributed by atoms with E-state index in [0.29, 0.717) is 6.42 Å². The van der Waals surface area contributed by atoms with Crippen LogP contribution in [0.1, 0.15) is 33.6 Å². The van der Waals surface area contributed by atoms with Gasteiger partial charge in [0.1, 0.15) is 5.84 Å². The number of hydrogen-bond donors (Lipinski definition) is 0. The van der Waals surface area contributed by atoms with Crippen molar-refractivity contribution in [2.45, 2.75) is 33.6 Å². The normalized spacial score (nSPS) is 21.7. The Morgan fingerprint density at radius 3 is 2.35 bits per heavy atom. The van der Waals surface area contributed by atoms with E-state index < -0.39 is 0 Å². The van der Waals surface area contributed by atoms with Gasteiger partial charge in [-0.15, -0.1) is 0 Å². The zero-order valence-electron chi connectivity index (χ0n) is 11.8. The molecule has 1 rings (SSSR count). The zero-order chi connectivity index (χ0) is 13.1. The first-order valence-corrected chi connectivity index (χ1v) is 6.28. The molecule has 17 heavy (non-hydrogen) atoms. The van der Waals surface area contributed by atoms with Crippen LogP contribution in [0.5, 0.6) is 0 Å². The van der Waals surface area contributed by atoms with Crippen LogP contribution < -0.4 is 0 Å². The van der Waals surface area contributed by atoms with Crippen LogP contribution in [0.25, 0.3) is 0 Å². The molecule has 0 atom stereocenters. The number of carbonyl (C=O) groups is 1. The van der Waals surface area contributed by atoms with Gasteiger partial charge in [0, 0.05) is 33.7 Å². The van der Waals surface area contributed by atoms with E-state index in [1.54, 1.807) is 4.90 Å². The molecule has 0 unspecified atom stereocenters. The summed E-state index contributed by atoms with van der Waals surface area (Å²) in [4.78, 5) is 20.4. The van der Waals surface area contributed by atoms with Gasteiger partial charge >= 0.3 is 0 Å². The predicted octanol–water partition coefficient (Wildman–Crippen LogP) is 1.61. The highest BCUT2D eigenvalue weighted by molar-refractivity contribution is 5.99. The topological polar surface area (TPSA) is 35.9 Å². The number of carbonyl (C=O) groups excluding carboxylic acids is 1. The molecule has 0 bridgehead atoms. The van der Waals surface area contributed by atoms with E-state index >= 15 is 0 Å². The van der Waals surface area contributed by atoms with Crippen molar-refractivity contribution in [2.75, 3.05) is 33.7 Å². The minimum absolute atomic E-state index is 0.171. The Bertz CT molecular complexity index is 304. The summed E-state index contributed by atoms with van der Waals surface area (Å²) in [5.41, 5.74) is 0.172. The maximum atomic E-state index is 11.9. The standard InChI is InChI=1S/C13H25N3O/c1-13(2,3)10-14-11-9-12(17)16(5)8-6-7-15(11)4/h6-10H2,1-5H3. The Hall–Kier alpha value is -1.06. The van der Waals surface area contributed by atoms with E-state index in [4.69, 9.17) is 0 Å². The fourth-order valence-corrected chi connectivity index (χ4v) is 1.71. The molecule has 0 N–H and O–H groups in total. The average Bonchev–Trinajstić information content (AvgIpc) is 2.20. The van der Waals surface area contributed by atoms with Crippen LogP contribution >= 0.6 is 0 Å². The Morgan fingerprint density at radius 2 is 1.76 bits per heavy atom. The van der Waals surface area contributed by atoms with E-state index in [1.165, 1.54) is 0 Å². The van der Waals surface area contributed by atoms with Crippen LogP contribution in [0.15, 0.2) is 4.99 Å². The number of hydrogen-bond acceptors (Lipinski definition) is 2. The largest absolute Gasteiger partial charge is 0.363 e. The molecule has 4 heteroatoms. The Labute approximate surface area is 105 Å². The van der Waals surface area contributed by atoms with E-state index in [9.17, 15) is 4.79 Å². The Kier molecular flexibility index (Phi) is 4.54. The van der Waals surface area contributed by atoms with Gasteiger partial charge in [0.15, 0.2) is 0 Å². The minimum atomic E-state index is 0.171. The van der Waals surface area contributed by atoms with E-state index in [1.807, 2.05) is 14.1 Å². The second-order valence-corrected chi connectivity index (χ2v) is 6.06. The van der Waals surface area contributed by atoms with Gasteiger partial charge < -0.3 is 9.80 Å². The van der Waals surface area contributed by atoms with E-state index in [2.05, 4.69) is 30.7 Å². The third kappa shape index (κ3) is 4.75. The van der Waals surface area contributed by atoms with Crippen molar-refractivity contribution in [2.24, 2.45) is 10.4 Å². The second-order valence-electron chi connectivity index (χ2n) is 6.06. The molecule has 1 aliphatic rings. The quantitative estimate of drug-likeness (QED) is 0.697. The molecular weight excluding hydrogens is 214 g/mol. The van der Waals surface area contributed by atoms with Gasteiger partial charge in [0.25, 0.3) is 0 Å². The first-order chi connectivity index (χ1) is 7.79. The summed E-state index contributed by atoms with van der Waals surface area (Å²) >= 11 is 0. The van der Waals surface area contributed by atoms with E-state index in [-0.39, 0.29) is 11.3 Å². The SMILES string of the molecule is CN1CCCN(C)C(=NCC(C)(C)C)CC1=O. The van der Waals surface area contributed by atoms with Gasteiger partial charge in [-0.2, -0.15) is 0 Å². The molecule has 1 fully saturated rings. The lowest BCUT2D eigenvalue weighted by molar-refractivity contribution is -0.129.